The van der Waals surface area contributed by atoms with Crippen LogP contribution < -0.4 is 20.6 Å². The molecule has 5 rings (SSSR count). The minimum Gasteiger partial charge on any atom is -0.496 e. The molecule has 34 heavy (non-hydrogen) atoms. The highest BCUT2D eigenvalue weighted by Crippen LogP contribution is 2.32. The monoisotopic (exact) mass is 466 g/mol. The van der Waals surface area contributed by atoms with Gasteiger partial charge in [0.25, 0.3) is 0 Å². The average Bonchev–Trinajstić information content (AvgIpc) is 2.85. The number of hydrogen-bond acceptors (Lipinski definition) is 8. The topological polar surface area (TPSA) is 89.7 Å². The zero-order valence-electron chi connectivity index (χ0n) is 18.2. The summed E-state index contributed by atoms with van der Waals surface area (Å²) in [6.07, 6.45) is 1.02. The summed E-state index contributed by atoms with van der Waals surface area (Å²) in [5, 5.41) is 3.78. The van der Waals surface area contributed by atoms with Crippen LogP contribution in [0.25, 0.3) is 22.2 Å². The van der Waals surface area contributed by atoms with Crippen molar-refractivity contribution in [1.82, 2.24) is 9.97 Å². The molecule has 10 heteroatoms. The highest BCUT2D eigenvalue weighted by Gasteiger charge is 2.18. The van der Waals surface area contributed by atoms with Gasteiger partial charge in [0.05, 0.1) is 32.2 Å². The smallest absolute Gasteiger partial charge is 0.338 e. The summed E-state index contributed by atoms with van der Waals surface area (Å²) in [5.41, 5.74) is 1.49. The number of nitrogens with one attached hydrogen (secondary N) is 1. The summed E-state index contributed by atoms with van der Waals surface area (Å²) in [6, 6.07) is 10.5. The number of rotatable bonds is 5. The van der Waals surface area contributed by atoms with Gasteiger partial charge in [0.1, 0.15) is 22.8 Å². The lowest BCUT2D eigenvalue weighted by Crippen LogP contribution is -2.36. The Morgan fingerprint density at radius 1 is 1.09 bits per heavy atom. The van der Waals surface area contributed by atoms with E-state index in [2.05, 4.69) is 20.2 Å². The molecule has 1 N–H and O–H groups in total. The van der Waals surface area contributed by atoms with Crippen molar-refractivity contribution in [2.75, 3.05) is 43.6 Å². The van der Waals surface area contributed by atoms with Crippen LogP contribution in [0.2, 0.25) is 0 Å². The number of methoxy groups -OCH3 is 1. The summed E-state index contributed by atoms with van der Waals surface area (Å²) < 4.78 is 44.1. The van der Waals surface area contributed by atoms with Crippen molar-refractivity contribution in [2.24, 2.45) is 0 Å². The Morgan fingerprint density at radius 3 is 2.71 bits per heavy atom. The van der Waals surface area contributed by atoms with E-state index in [1.54, 1.807) is 12.1 Å². The lowest BCUT2D eigenvalue weighted by molar-refractivity contribution is 0.123. The molecule has 1 aliphatic heterocycles. The number of morpholine rings is 1. The van der Waals surface area contributed by atoms with Crippen LogP contribution in [-0.2, 0) is 4.74 Å². The molecule has 3 heterocycles. The van der Waals surface area contributed by atoms with E-state index < -0.39 is 17.3 Å². The van der Waals surface area contributed by atoms with Crippen LogP contribution in [0, 0.1) is 11.6 Å². The molecular weight excluding hydrogens is 446 g/mol. The summed E-state index contributed by atoms with van der Waals surface area (Å²) in [4.78, 5) is 22.5. The van der Waals surface area contributed by atoms with Gasteiger partial charge in [-0.3, -0.25) is 0 Å². The van der Waals surface area contributed by atoms with Gasteiger partial charge in [-0.05, 0) is 24.3 Å². The minimum atomic E-state index is -0.685. The number of anilines is 3. The van der Waals surface area contributed by atoms with Gasteiger partial charge in [0.2, 0.25) is 5.95 Å². The van der Waals surface area contributed by atoms with Crippen LogP contribution in [0.3, 0.4) is 0 Å². The minimum absolute atomic E-state index is 0.0451. The predicted octanol–water partition coefficient (Wildman–Crippen LogP) is 4.12. The molecule has 1 saturated heterocycles. The van der Waals surface area contributed by atoms with Crippen LogP contribution in [0.15, 0.2) is 57.9 Å². The molecule has 2 aromatic carbocycles. The van der Waals surface area contributed by atoms with Crippen molar-refractivity contribution in [3.63, 3.8) is 0 Å². The number of benzene rings is 2. The van der Waals surface area contributed by atoms with Gasteiger partial charge in [-0.2, -0.15) is 0 Å². The van der Waals surface area contributed by atoms with Crippen molar-refractivity contribution in [1.29, 1.82) is 0 Å². The van der Waals surface area contributed by atoms with Crippen molar-refractivity contribution < 1.29 is 22.7 Å². The van der Waals surface area contributed by atoms with Gasteiger partial charge >= 0.3 is 5.63 Å². The fourth-order valence-electron chi connectivity index (χ4n) is 3.90. The molecule has 0 atom stereocenters. The molecule has 0 spiro atoms. The number of aromatic nitrogens is 2. The standard InChI is InChI=1S/C24H20F2N4O4/c1-32-20-10-14(25)2-4-17(20)23-18(26)13-27-24(29-23)28-15-3-5-16-19(30-6-8-33-9-7-30)12-22(31)34-21(16)11-15/h2-5,10-13H,6-9H2,1H3,(H,27,28,29). The summed E-state index contributed by atoms with van der Waals surface area (Å²) in [7, 11) is 1.37. The maximum atomic E-state index is 14.5. The summed E-state index contributed by atoms with van der Waals surface area (Å²) >= 11 is 0. The second kappa shape index (κ2) is 9.06. The largest absolute Gasteiger partial charge is 0.496 e. The summed E-state index contributed by atoms with van der Waals surface area (Å²) in [6.45, 7) is 2.53. The molecule has 0 unspecified atom stereocenters. The Kier molecular flexibility index (Phi) is 5.81. The Hall–Kier alpha value is -4.05. The Balaban J connectivity index is 1.49. The number of halogens is 2. The Bertz CT molecular complexity index is 1420. The van der Waals surface area contributed by atoms with Crippen LogP contribution in [-0.4, -0.2) is 43.4 Å². The molecule has 4 aromatic rings. The lowest BCUT2D eigenvalue weighted by Gasteiger charge is -2.29. The van der Waals surface area contributed by atoms with E-state index in [1.807, 2.05) is 6.07 Å². The third kappa shape index (κ3) is 4.27. The lowest BCUT2D eigenvalue weighted by atomic mass is 10.1. The summed E-state index contributed by atoms with van der Waals surface area (Å²) in [5.74, 6) is -0.946. The fraction of sp³-hybridized carbons (Fsp3) is 0.208. The highest BCUT2D eigenvalue weighted by molar-refractivity contribution is 5.92. The number of hydrogen-bond donors (Lipinski definition) is 1. The van der Waals surface area contributed by atoms with E-state index in [9.17, 15) is 13.6 Å². The molecular formula is C24H20F2N4O4. The van der Waals surface area contributed by atoms with E-state index >= 15 is 0 Å². The van der Waals surface area contributed by atoms with E-state index in [0.717, 1.165) is 23.3 Å². The SMILES string of the molecule is COc1cc(F)ccc1-c1nc(Nc2ccc3c(N4CCOCC4)cc(=O)oc3c2)ncc1F. The zero-order valence-corrected chi connectivity index (χ0v) is 18.2. The average molecular weight is 466 g/mol. The molecule has 0 aliphatic carbocycles. The molecule has 0 radical (unpaired) electrons. The maximum Gasteiger partial charge on any atom is 0.338 e. The third-order valence-electron chi connectivity index (χ3n) is 5.49. The molecule has 0 amide bonds. The fourth-order valence-corrected chi connectivity index (χ4v) is 3.90. The second-order valence-corrected chi connectivity index (χ2v) is 7.62. The van der Waals surface area contributed by atoms with Crippen LogP contribution in [0.4, 0.5) is 26.1 Å². The number of fused-ring (bicyclic) bond motifs is 1. The van der Waals surface area contributed by atoms with Crippen molar-refractivity contribution in [2.45, 2.75) is 0 Å². The predicted molar refractivity (Wildman–Crippen MR) is 123 cm³/mol. The Morgan fingerprint density at radius 2 is 1.91 bits per heavy atom. The van der Waals surface area contributed by atoms with Crippen LogP contribution in [0.5, 0.6) is 5.75 Å². The second-order valence-electron chi connectivity index (χ2n) is 7.62. The van der Waals surface area contributed by atoms with Gasteiger partial charge in [0, 0.05) is 47.9 Å². The molecule has 2 aromatic heterocycles. The first kappa shape index (κ1) is 21.8. The normalized spacial score (nSPS) is 13.8. The number of ether oxygens (including phenoxy) is 2. The van der Waals surface area contributed by atoms with Gasteiger partial charge in [-0.25, -0.2) is 23.5 Å². The first-order valence-electron chi connectivity index (χ1n) is 10.6. The molecule has 1 aliphatic rings. The molecule has 174 valence electrons. The highest BCUT2D eigenvalue weighted by atomic mass is 19.1. The van der Waals surface area contributed by atoms with E-state index in [4.69, 9.17) is 13.9 Å². The first-order chi connectivity index (χ1) is 16.5. The Labute approximate surface area is 192 Å². The van der Waals surface area contributed by atoms with Gasteiger partial charge < -0.3 is 24.1 Å². The first-order valence-corrected chi connectivity index (χ1v) is 10.6. The van der Waals surface area contributed by atoms with Crippen molar-refractivity contribution >= 4 is 28.3 Å². The number of nitrogens with zero attached hydrogens (tertiary/aromatic N) is 3. The van der Waals surface area contributed by atoms with Crippen molar-refractivity contribution in [3.8, 4) is 17.0 Å². The zero-order chi connectivity index (χ0) is 23.7. The van der Waals surface area contributed by atoms with E-state index in [1.165, 1.54) is 25.3 Å². The van der Waals surface area contributed by atoms with E-state index in [-0.39, 0.29) is 23.0 Å². The quantitative estimate of drug-likeness (QED) is 0.440. The molecule has 8 nitrogen and oxygen atoms in total. The van der Waals surface area contributed by atoms with Crippen LogP contribution >= 0.6 is 0 Å². The van der Waals surface area contributed by atoms with Gasteiger partial charge in [-0.15, -0.1) is 0 Å². The van der Waals surface area contributed by atoms with E-state index in [0.29, 0.717) is 37.6 Å². The molecule has 0 bridgehead atoms. The third-order valence-corrected chi connectivity index (χ3v) is 5.49. The van der Waals surface area contributed by atoms with Gasteiger partial charge in [0.15, 0.2) is 5.82 Å². The van der Waals surface area contributed by atoms with Crippen LogP contribution in [0.1, 0.15) is 0 Å². The van der Waals surface area contributed by atoms with Crippen molar-refractivity contribution in [3.05, 3.63) is 70.7 Å². The molecule has 0 saturated carbocycles. The molecule has 1 fully saturated rings. The maximum absolute atomic E-state index is 14.5. The van der Waals surface area contributed by atoms with Gasteiger partial charge in [-0.1, -0.05) is 0 Å².